The number of amides is 1. The predicted molar refractivity (Wildman–Crippen MR) is 127 cm³/mol. The number of ether oxygens (including phenoxy) is 1. The number of benzene rings is 2. The number of sulfonamides is 1. The molecule has 1 heterocycles. The largest absolute Gasteiger partial charge is 0.497 e. The van der Waals surface area contributed by atoms with Crippen LogP contribution in [0.1, 0.15) is 31.0 Å². The van der Waals surface area contributed by atoms with Gasteiger partial charge in [0.1, 0.15) is 5.75 Å². The maximum atomic E-state index is 12.5. The van der Waals surface area contributed by atoms with Crippen molar-refractivity contribution in [2.75, 3.05) is 11.8 Å². The van der Waals surface area contributed by atoms with E-state index in [1.165, 1.54) is 36.1 Å². The molecule has 0 spiro atoms. The van der Waals surface area contributed by atoms with E-state index < -0.39 is 10.0 Å². The van der Waals surface area contributed by atoms with E-state index in [1.807, 2.05) is 25.1 Å². The summed E-state index contributed by atoms with van der Waals surface area (Å²) in [5, 5.41) is 5.04. The van der Waals surface area contributed by atoms with Crippen LogP contribution in [0.4, 0.5) is 5.13 Å². The molecular weight excluding hydrogens is 446 g/mol. The minimum atomic E-state index is -3.74. The molecular formula is C23H27N3O4S2. The van der Waals surface area contributed by atoms with Crippen LogP contribution < -0.4 is 14.8 Å². The molecule has 170 valence electrons. The molecule has 1 amide bonds. The van der Waals surface area contributed by atoms with Crippen LogP contribution in [0.25, 0.3) is 0 Å². The molecule has 0 saturated carbocycles. The van der Waals surface area contributed by atoms with Gasteiger partial charge in [-0.2, -0.15) is 0 Å². The van der Waals surface area contributed by atoms with Crippen LogP contribution >= 0.6 is 11.3 Å². The average Bonchev–Trinajstić information content (AvgIpc) is 3.23. The highest BCUT2D eigenvalue weighted by atomic mass is 32.2. The molecule has 0 radical (unpaired) electrons. The van der Waals surface area contributed by atoms with Crippen LogP contribution in [0.5, 0.6) is 5.75 Å². The first-order valence-electron chi connectivity index (χ1n) is 10.3. The van der Waals surface area contributed by atoms with Crippen molar-refractivity contribution in [1.29, 1.82) is 0 Å². The Bertz CT molecular complexity index is 1110. The van der Waals surface area contributed by atoms with Crippen molar-refractivity contribution < 1.29 is 17.9 Å². The fourth-order valence-electron chi connectivity index (χ4n) is 3.09. The van der Waals surface area contributed by atoms with Gasteiger partial charge >= 0.3 is 0 Å². The lowest BCUT2D eigenvalue weighted by atomic mass is 10.1. The Morgan fingerprint density at radius 1 is 1.09 bits per heavy atom. The molecule has 0 aliphatic rings. The van der Waals surface area contributed by atoms with E-state index in [0.29, 0.717) is 24.3 Å². The fourth-order valence-corrected chi connectivity index (χ4v) is 5.08. The predicted octanol–water partition coefficient (Wildman–Crippen LogP) is 4.02. The van der Waals surface area contributed by atoms with Gasteiger partial charge in [0.2, 0.25) is 5.91 Å². The maximum absolute atomic E-state index is 12.5. The average molecular weight is 474 g/mol. The second-order valence-corrected chi connectivity index (χ2v) is 9.96. The van der Waals surface area contributed by atoms with Gasteiger partial charge in [0.15, 0.2) is 5.13 Å². The SMILES string of the molecule is COc1ccc(S(=O)(=O)Nc2nc(CCC(=O)NC(C)CCc3ccccc3)cs2)cc1. The number of anilines is 1. The number of aryl methyl sites for hydroxylation is 2. The highest BCUT2D eigenvalue weighted by molar-refractivity contribution is 7.93. The molecule has 0 aliphatic heterocycles. The van der Waals surface area contributed by atoms with Crippen molar-refractivity contribution in [1.82, 2.24) is 10.3 Å². The van der Waals surface area contributed by atoms with Gasteiger partial charge in [-0.15, -0.1) is 11.3 Å². The number of thiazole rings is 1. The first kappa shape index (κ1) is 23.7. The minimum absolute atomic E-state index is 0.0427. The normalized spacial score (nSPS) is 12.2. The number of nitrogens with zero attached hydrogens (tertiary/aromatic N) is 1. The van der Waals surface area contributed by atoms with Gasteiger partial charge in [0.25, 0.3) is 10.0 Å². The lowest BCUT2D eigenvalue weighted by Gasteiger charge is -2.13. The van der Waals surface area contributed by atoms with Crippen molar-refractivity contribution in [2.45, 2.75) is 43.5 Å². The summed E-state index contributed by atoms with van der Waals surface area (Å²) in [6, 6.07) is 16.4. The summed E-state index contributed by atoms with van der Waals surface area (Å²) >= 11 is 1.19. The first-order valence-corrected chi connectivity index (χ1v) is 12.7. The van der Waals surface area contributed by atoms with Crippen molar-refractivity contribution in [2.24, 2.45) is 0 Å². The number of hydrogen-bond donors (Lipinski definition) is 2. The van der Waals surface area contributed by atoms with Gasteiger partial charge in [-0.25, -0.2) is 13.4 Å². The van der Waals surface area contributed by atoms with Crippen LogP contribution in [-0.2, 0) is 27.7 Å². The Balaban J connectivity index is 1.45. The number of nitrogens with one attached hydrogen (secondary N) is 2. The fraction of sp³-hybridized carbons (Fsp3) is 0.304. The van der Waals surface area contributed by atoms with E-state index in [1.54, 1.807) is 17.5 Å². The van der Waals surface area contributed by atoms with Crippen molar-refractivity contribution >= 4 is 32.4 Å². The molecule has 2 N–H and O–H groups in total. The lowest BCUT2D eigenvalue weighted by molar-refractivity contribution is -0.121. The van der Waals surface area contributed by atoms with E-state index in [2.05, 4.69) is 27.2 Å². The molecule has 7 nitrogen and oxygen atoms in total. The summed E-state index contributed by atoms with van der Waals surface area (Å²) in [5.74, 6) is 0.534. The number of hydrogen-bond acceptors (Lipinski definition) is 6. The summed E-state index contributed by atoms with van der Waals surface area (Å²) < 4.78 is 32.6. The molecule has 0 bridgehead atoms. The van der Waals surface area contributed by atoms with Crippen LogP contribution in [0.3, 0.4) is 0 Å². The molecule has 32 heavy (non-hydrogen) atoms. The molecule has 3 rings (SSSR count). The Labute approximate surface area is 192 Å². The molecule has 1 atom stereocenters. The van der Waals surface area contributed by atoms with Crippen molar-refractivity contribution in [3.05, 3.63) is 71.2 Å². The van der Waals surface area contributed by atoms with Crippen LogP contribution in [0.2, 0.25) is 0 Å². The van der Waals surface area contributed by atoms with E-state index in [-0.39, 0.29) is 22.0 Å². The second kappa shape index (κ2) is 11.1. The lowest BCUT2D eigenvalue weighted by Crippen LogP contribution is -2.33. The first-order chi connectivity index (χ1) is 15.4. The quantitative estimate of drug-likeness (QED) is 0.438. The van der Waals surface area contributed by atoms with Gasteiger partial charge in [-0.05, 0) is 56.0 Å². The number of rotatable bonds is 11. The van der Waals surface area contributed by atoms with E-state index in [9.17, 15) is 13.2 Å². The van der Waals surface area contributed by atoms with Crippen molar-refractivity contribution in [3.8, 4) is 5.75 Å². The van der Waals surface area contributed by atoms with E-state index >= 15 is 0 Å². The van der Waals surface area contributed by atoms with Gasteiger partial charge in [0, 0.05) is 17.8 Å². The Hall–Kier alpha value is -2.91. The second-order valence-electron chi connectivity index (χ2n) is 7.42. The van der Waals surface area contributed by atoms with Crippen LogP contribution in [0.15, 0.2) is 64.9 Å². The molecule has 2 aromatic carbocycles. The highest BCUT2D eigenvalue weighted by Gasteiger charge is 2.17. The number of methoxy groups -OCH3 is 1. The monoisotopic (exact) mass is 473 g/mol. The number of carbonyl (C=O) groups excluding carboxylic acids is 1. The number of aromatic nitrogens is 1. The van der Waals surface area contributed by atoms with E-state index in [4.69, 9.17) is 4.74 Å². The van der Waals surface area contributed by atoms with Crippen molar-refractivity contribution in [3.63, 3.8) is 0 Å². The van der Waals surface area contributed by atoms with Gasteiger partial charge in [0.05, 0.1) is 17.7 Å². The molecule has 0 aliphatic carbocycles. The summed E-state index contributed by atoms with van der Waals surface area (Å²) in [5.41, 5.74) is 1.93. The molecule has 3 aromatic rings. The zero-order valence-electron chi connectivity index (χ0n) is 18.1. The molecule has 1 aromatic heterocycles. The van der Waals surface area contributed by atoms with Crippen LogP contribution in [-0.4, -0.2) is 32.5 Å². The molecule has 9 heteroatoms. The standard InChI is InChI=1S/C23H27N3O4S2/c1-17(8-9-18-6-4-3-5-7-18)24-22(27)15-10-19-16-31-23(25-19)26-32(28,29)21-13-11-20(30-2)12-14-21/h3-7,11-14,16-17H,8-10,15H2,1-2H3,(H,24,27)(H,25,26). The summed E-state index contributed by atoms with van der Waals surface area (Å²) in [6.45, 7) is 2.00. The Morgan fingerprint density at radius 3 is 2.50 bits per heavy atom. The minimum Gasteiger partial charge on any atom is -0.497 e. The molecule has 0 saturated heterocycles. The molecule has 1 unspecified atom stereocenters. The smallest absolute Gasteiger partial charge is 0.263 e. The zero-order valence-corrected chi connectivity index (χ0v) is 19.7. The Kier molecular flexibility index (Phi) is 8.24. The third-order valence-corrected chi connectivity index (χ3v) is 7.16. The topological polar surface area (TPSA) is 97.4 Å². The van der Waals surface area contributed by atoms with Gasteiger partial charge in [-0.1, -0.05) is 30.3 Å². The third kappa shape index (κ3) is 7.06. The number of carbonyl (C=O) groups is 1. The highest BCUT2D eigenvalue weighted by Crippen LogP contribution is 2.22. The summed E-state index contributed by atoms with van der Waals surface area (Å²) in [6.07, 6.45) is 2.51. The summed E-state index contributed by atoms with van der Waals surface area (Å²) in [7, 11) is -2.22. The maximum Gasteiger partial charge on any atom is 0.263 e. The van der Waals surface area contributed by atoms with Gasteiger partial charge < -0.3 is 10.1 Å². The van der Waals surface area contributed by atoms with E-state index in [0.717, 1.165) is 12.8 Å². The molecule has 0 fully saturated rings. The Morgan fingerprint density at radius 2 is 1.81 bits per heavy atom. The summed E-state index contributed by atoms with van der Waals surface area (Å²) in [4.78, 5) is 16.7. The van der Waals surface area contributed by atoms with Gasteiger partial charge in [-0.3, -0.25) is 9.52 Å². The van der Waals surface area contributed by atoms with Crippen LogP contribution in [0, 0.1) is 0 Å². The zero-order chi connectivity index (χ0) is 23.0. The third-order valence-electron chi connectivity index (χ3n) is 4.87.